The second kappa shape index (κ2) is 4.79. The van der Waals surface area contributed by atoms with E-state index in [1.807, 2.05) is 0 Å². The number of likely N-dealkylation sites (N-methyl/N-ethyl adjacent to an activating group) is 1. The van der Waals surface area contributed by atoms with E-state index in [4.69, 9.17) is 0 Å². The molecule has 0 amide bonds. The van der Waals surface area contributed by atoms with Gasteiger partial charge in [0, 0.05) is 24.7 Å². The molecule has 2 nitrogen and oxygen atoms in total. The fourth-order valence-electron chi connectivity index (χ4n) is 3.91. The third-order valence-corrected chi connectivity index (χ3v) is 5.34. The van der Waals surface area contributed by atoms with Crippen molar-refractivity contribution in [2.75, 3.05) is 13.1 Å². The Bertz CT molecular complexity index is 291. The standard InChI is InChI=1S/C16H30N2/c1-4-17-15-14(9-10-16(15,2)3)18(13-7-8-13)11-12-5-6-12/h12-15,17H,4-11H2,1-3H3. The summed E-state index contributed by atoms with van der Waals surface area (Å²) in [5.74, 6) is 1.04. The number of nitrogens with zero attached hydrogens (tertiary/aromatic N) is 1. The number of hydrogen-bond donors (Lipinski definition) is 1. The smallest absolute Gasteiger partial charge is 0.0274 e. The van der Waals surface area contributed by atoms with Crippen LogP contribution in [-0.2, 0) is 0 Å². The molecule has 0 aromatic heterocycles. The summed E-state index contributed by atoms with van der Waals surface area (Å²) < 4.78 is 0. The molecule has 0 aliphatic heterocycles. The Labute approximate surface area is 113 Å². The van der Waals surface area contributed by atoms with E-state index in [-0.39, 0.29) is 0 Å². The largest absolute Gasteiger partial charge is 0.312 e. The number of nitrogens with one attached hydrogen (secondary N) is 1. The lowest BCUT2D eigenvalue weighted by atomic mass is 9.86. The van der Waals surface area contributed by atoms with Crippen LogP contribution in [0.5, 0.6) is 0 Å². The molecule has 0 aromatic carbocycles. The van der Waals surface area contributed by atoms with Crippen molar-refractivity contribution >= 4 is 0 Å². The summed E-state index contributed by atoms with van der Waals surface area (Å²) in [5.41, 5.74) is 0.483. The van der Waals surface area contributed by atoms with Gasteiger partial charge in [0.25, 0.3) is 0 Å². The first-order chi connectivity index (χ1) is 8.62. The second-order valence-electron chi connectivity index (χ2n) is 7.50. The molecule has 3 aliphatic carbocycles. The summed E-state index contributed by atoms with van der Waals surface area (Å²) in [6.45, 7) is 9.69. The third kappa shape index (κ3) is 2.60. The van der Waals surface area contributed by atoms with Crippen LogP contribution >= 0.6 is 0 Å². The number of hydrogen-bond acceptors (Lipinski definition) is 2. The first-order valence-corrected chi connectivity index (χ1v) is 8.11. The van der Waals surface area contributed by atoms with Gasteiger partial charge in [-0.05, 0) is 56.4 Å². The molecule has 3 saturated carbocycles. The van der Waals surface area contributed by atoms with Gasteiger partial charge in [-0.15, -0.1) is 0 Å². The van der Waals surface area contributed by atoms with Gasteiger partial charge < -0.3 is 5.32 Å². The Morgan fingerprint density at radius 2 is 1.83 bits per heavy atom. The van der Waals surface area contributed by atoms with E-state index in [1.54, 1.807) is 0 Å². The summed E-state index contributed by atoms with van der Waals surface area (Å²) in [7, 11) is 0. The molecule has 0 aromatic rings. The van der Waals surface area contributed by atoms with Crippen molar-refractivity contribution in [1.82, 2.24) is 10.2 Å². The first kappa shape index (κ1) is 12.9. The summed E-state index contributed by atoms with van der Waals surface area (Å²) in [5, 5.41) is 3.80. The van der Waals surface area contributed by atoms with E-state index in [2.05, 4.69) is 31.0 Å². The van der Waals surface area contributed by atoms with Crippen LogP contribution in [0.15, 0.2) is 0 Å². The van der Waals surface area contributed by atoms with E-state index < -0.39 is 0 Å². The molecule has 0 radical (unpaired) electrons. The van der Waals surface area contributed by atoms with Crippen LogP contribution in [0.1, 0.15) is 59.3 Å². The average Bonchev–Trinajstić information content (AvgIpc) is 3.19. The minimum Gasteiger partial charge on any atom is -0.312 e. The lowest BCUT2D eigenvalue weighted by Gasteiger charge is -2.38. The molecule has 3 rings (SSSR count). The van der Waals surface area contributed by atoms with Crippen molar-refractivity contribution in [3.8, 4) is 0 Å². The fourth-order valence-corrected chi connectivity index (χ4v) is 3.91. The maximum atomic E-state index is 3.80. The normalized spacial score (nSPS) is 35.3. The molecule has 1 N–H and O–H groups in total. The molecule has 104 valence electrons. The molecular formula is C16H30N2. The molecule has 2 heteroatoms. The summed E-state index contributed by atoms with van der Waals surface area (Å²) in [6, 6.07) is 2.46. The lowest BCUT2D eigenvalue weighted by molar-refractivity contribution is 0.131. The van der Waals surface area contributed by atoms with Crippen LogP contribution in [0.4, 0.5) is 0 Å². The Morgan fingerprint density at radius 1 is 1.11 bits per heavy atom. The Balaban J connectivity index is 1.70. The van der Waals surface area contributed by atoms with E-state index in [0.29, 0.717) is 11.5 Å². The second-order valence-corrected chi connectivity index (χ2v) is 7.50. The van der Waals surface area contributed by atoms with E-state index >= 15 is 0 Å². The quantitative estimate of drug-likeness (QED) is 0.779. The molecule has 18 heavy (non-hydrogen) atoms. The van der Waals surface area contributed by atoms with Crippen molar-refractivity contribution in [2.45, 2.75) is 77.4 Å². The van der Waals surface area contributed by atoms with Gasteiger partial charge in [-0.1, -0.05) is 20.8 Å². The van der Waals surface area contributed by atoms with Crippen molar-refractivity contribution in [3.05, 3.63) is 0 Å². The van der Waals surface area contributed by atoms with Crippen LogP contribution in [0, 0.1) is 11.3 Å². The zero-order valence-corrected chi connectivity index (χ0v) is 12.4. The highest BCUT2D eigenvalue weighted by atomic mass is 15.2. The molecule has 3 aliphatic rings. The highest BCUT2D eigenvalue weighted by Gasteiger charge is 2.48. The van der Waals surface area contributed by atoms with Gasteiger partial charge in [-0.2, -0.15) is 0 Å². The third-order valence-electron chi connectivity index (χ3n) is 5.34. The average molecular weight is 250 g/mol. The Morgan fingerprint density at radius 3 is 2.39 bits per heavy atom. The zero-order chi connectivity index (χ0) is 12.8. The van der Waals surface area contributed by atoms with E-state index in [0.717, 1.165) is 24.5 Å². The van der Waals surface area contributed by atoms with E-state index in [9.17, 15) is 0 Å². The molecule has 0 bridgehead atoms. The van der Waals surface area contributed by atoms with Crippen LogP contribution < -0.4 is 5.32 Å². The van der Waals surface area contributed by atoms with E-state index in [1.165, 1.54) is 45.1 Å². The summed E-state index contributed by atoms with van der Waals surface area (Å²) in [4.78, 5) is 2.90. The predicted octanol–water partition coefficient (Wildman–Crippen LogP) is 3.03. The van der Waals surface area contributed by atoms with Gasteiger partial charge in [-0.25, -0.2) is 0 Å². The van der Waals surface area contributed by atoms with Gasteiger partial charge >= 0.3 is 0 Å². The van der Waals surface area contributed by atoms with Crippen molar-refractivity contribution < 1.29 is 0 Å². The minimum absolute atomic E-state index is 0.483. The molecule has 2 unspecified atom stereocenters. The monoisotopic (exact) mass is 250 g/mol. The maximum absolute atomic E-state index is 3.80. The fraction of sp³-hybridized carbons (Fsp3) is 1.00. The minimum atomic E-state index is 0.483. The Hall–Kier alpha value is -0.0800. The Kier molecular flexibility index (Phi) is 3.44. The number of rotatable bonds is 6. The first-order valence-electron chi connectivity index (χ1n) is 8.11. The predicted molar refractivity (Wildman–Crippen MR) is 76.7 cm³/mol. The molecule has 2 atom stereocenters. The van der Waals surface area contributed by atoms with Gasteiger partial charge in [0.15, 0.2) is 0 Å². The van der Waals surface area contributed by atoms with Crippen LogP contribution in [-0.4, -0.2) is 36.1 Å². The SMILES string of the molecule is CCNC1C(N(CC2CC2)C2CC2)CCC1(C)C. The molecular weight excluding hydrogens is 220 g/mol. The molecule has 0 saturated heterocycles. The maximum Gasteiger partial charge on any atom is 0.0274 e. The van der Waals surface area contributed by atoms with Crippen LogP contribution in [0.2, 0.25) is 0 Å². The summed E-state index contributed by atoms with van der Waals surface area (Å²) >= 11 is 0. The van der Waals surface area contributed by atoms with Gasteiger partial charge in [0.1, 0.15) is 0 Å². The lowest BCUT2D eigenvalue weighted by Crippen LogP contribution is -2.53. The highest BCUT2D eigenvalue weighted by Crippen LogP contribution is 2.44. The highest BCUT2D eigenvalue weighted by molar-refractivity contribution is 5.04. The topological polar surface area (TPSA) is 15.3 Å². The van der Waals surface area contributed by atoms with Crippen molar-refractivity contribution in [3.63, 3.8) is 0 Å². The molecule has 3 fully saturated rings. The molecule has 0 spiro atoms. The molecule has 0 heterocycles. The van der Waals surface area contributed by atoms with Gasteiger partial charge in [-0.3, -0.25) is 4.90 Å². The van der Waals surface area contributed by atoms with Crippen LogP contribution in [0.25, 0.3) is 0 Å². The van der Waals surface area contributed by atoms with Crippen molar-refractivity contribution in [1.29, 1.82) is 0 Å². The van der Waals surface area contributed by atoms with Gasteiger partial charge in [0.2, 0.25) is 0 Å². The van der Waals surface area contributed by atoms with Crippen molar-refractivity contribution in [2.24, 2.45) is 11.3 Å². The zero-order valence-electron chi connectivity index (χ0n) is 12.4. The summed E-state index contributed by atoms with van der Waals surface area (Å²) in [6.07, 6.45) is 8.71. The van der Waals surface area contributed by atoms with Gasteiger partial charge in [0.05, 0.1) is 0 Å². The van der Waals surface area contributed by atoms with Crippen LogP contribution in [0.3, 0.4) is 0 Å².